The van der Waals surface area contributed by atoms with Gasteiger partial charge in [0.15, 0.2) is 0 Å². The van der Waals surface area contributed by atoms with Gasteiger partial charge in [-0.15, -0.1) is 0 Å². The Morgan fingerprint density at radius 1 is 1.00 bits per heavy atom. The molecule has 1 fully saturated rings. The van der Waals surface area contributed by atoms with Crippen LogP contribution in [0.15, 0.2) is 71.8 Å². The highest BCUT2D eigenvalue weighted by Crippen LogP contribution is 2.34. The maximum atomic E-state index is 13.6. The standard InChI is InChI=1S/C29H32N4O3/c1-30-29(35)22-13-15-32(16-14-22)19-28(34)33-27(21-9-11-25(36-2)12-10-21)18-26(31-33)24-8-7-20-5-3-4-6-23(20)17-24/h3-12,17,22,27H,13-16,18-19H2,1-2H3,(H,30,35). The van der Waals surface area contributed by atoms with Crippen molar-refractivity contribution < 1.29 is 14.3 Å². The number of hydrogen-bond acceptors (Lipinski definition) is 5. The van der Waals surface area contributed by atoms with Gasteiger partial charge in [0.2, 0.25) is 5.91 Å². The van der Waals surface area contributed by atoms with Gasteiger partial charge in [-0.05, 0) is 66.0 Å². The molecule has 1 saturated heterocycles. The van der Waals surface area contributed by atoms with Gasteiger partial charge in [0, 0.05) is 19.4 Å². The van der Waals surface area contributed by atoms with Gasteiger partial charge in [0.1, 0.15) is 5.75 Å². The smallest absolute Gasteiger partial charge is 0.257 e. The summed E-state index contributed by atoms with van der Waals surface area (Å²) in [5.74, 6) is 0.872. The molecular weight excluding hydrogens is 452 g/mol. The fraction of sp³-hybridized carbons (Fsp3) is 0.345. The Hall–Kier alpha value is -3.71. The van der Waals surface area contributed by atoms with E-state index >= 15 is 0 Å². The number of hydrogen-bond donors (Lipinski definition) is 1. The molecule has 3 aromatic carbocycles. The van der Waals surface area contributed by atoms with E-state index in [0.717, 1.165) is 53.9 Å². The van der Waals surface area contributed by atoms with E-state index in [2.05, 4.69) is 40.5 Å². The number of rotatable bonds is 6. The van der Waals surface area contributed by atoms with Crippen molar-refractivity contribution >= 4 is 28.3 Å². The normalized spacial score (nSPS) is 18.8. The number of ether oxygens (including phenoxy) is 1. The lowest BCUT2D eigenvalue weighted by atomic mass is 9.96. The number of nitrogens with zero attached hydrogens (tertiary/aromatic N) is 3. The van der Waals surface area contributed by atoms with Crippen molar-refractivity contribution in [1.29, 1.82) is 0 Å². The van der Waals surface area contributed by atoms with Crippen LogP contribution >= 0.6 is 0 Å². The second-order valence-corrected chi connectivity index (χ2v) is 9.50. The molecule has 2 aliphatic rings. The Morgan fingerprint density at radius 2 is 1.72 bits per heavy atom. The predicted octanol–water partition coefficient (Wildman–Crippen LogP) is 3.98. The van der Waals surface area contributed by atoms with Crippen LogP contribution in [0, 0.1) is 5.92 Å². The third-order valence-electron chi connectivity index (χ3n) is 7.31. The van der Waals surface area contributed by atoms with Gasteiger partial charge in [-0.25, -0.2) is 5.01 Å². The quantitative estimate of drug-likeness (QED) is 0.574. The van der Waals surface area contributed by atoms with Crippen molar-refractivity contribution in [1.82, 2.24) is 15.2 Å². The maximum absolute atomic E-state index is 13.6. The summed E-state index contributed by atoms with van der Waals surface area (Å²) in [5.41, 5.74) is 2.98. The monoisotopic (exact) mass is 484 g/mol. The van der Waals surface area contributed by atoms with Gasteiger partial charge >= 0.3 is 0 Å². The molecule has 3 aromatic rings. The fourth-order valence-electron chi connectivity index (χ4n) is 5.19. The number of likely N-dealkylation sites (tertiary alicyclic amines) is 1. The predicted molar refractivity (Wildman–Crippen MR) is 141 cm³/mol. The van der Waals surface area contributed by atoms with Crippen LogP contribution in [0.3, 0.4) is 0 Å². The number of piperidine rings is 1. The third kappa shape index (κ3) is 4.97. The van der Waals surface area contributed by atoms with E-state index in [9.17, 15) is 9.59 Å². The van der Waals surface area contributed by atoms with Crippen LogP contribution in [-0.4, -0.2) is 61.2 Å². The van der Waals surface area contributed by atoms with Gasteiger partial charge in [0.05, 0.1) is 25.4 Å². The molecule has 186 valence electrons. The van der Waals surface area contributed by atoms with Crippen molar-refractivity contribution in [2.24, 2.45) is 11.0 Å². The number of nitrogens with one attached hydrogen (secondary N) is 1. The zero-order chi connectivity index (χ0) is 25.1. The molecule has 7 nitrogen and oxygen atoms in total. The van der Waals surface area contributed by atoms with Gasteiger partial charge in [-0.1, -0.05) is 48.5 Å². The Balaban J connectivity index is 1.38. The zero-order valence-electron chi connectivity index (χ0n) is 20.8. The molecule has 0 radical (unpaired) electrons. The van der Waals surface area contributed by atoms with Gasteiger partial charge in [-0.2, -0.15) is 5.10 Å². The van der Waals surface area contributed by atoms with Crippen LogP contribution in [0.25, 0.3) is 10.8 Å². The molecule has 0 aromatic heterocycles. The van der Waals surface area contributed by atoms with Crippen LogP contribution in [0.5, 0.6) is 5.75 Å². The first-order valence-corrected chi connectivity index (χ1v) is 12.5. The Morgan fingerprint density at radius 3 is 2.42 bits per heavy atom. The minimum Gasteiger partial charge on any atom is -0.497 e. The minimum absolute atomic E-state index is 0.0231. The summed E-state index contributed by atoms with van der Waals surface area (Å²) in [6.45, 7) is 1.75. The van der Waals surface area contributed by atoms with E-state index in [0.29, 0.717) is 13.0 Å². The van der Waals surface area contributed by atoms with Gasteiger partial charge in [-0.3, -0.25) is 14.5 Å². The summed E-state index contributed by atoms with van der Waals surface area (Å²) in [6.07, 6.45) is 2.18. The molecule has 7 heteroatoms. The van der Waals surface area contributed by atoms with Gasteiger partial charge in [0.25, 0.3) is 5.91 Å². The topological polar surface area (TPSA) is 74.2 Å². The molecule has 0 aliphatic carbocycles. The highest BCUT2D eigenvalue weighted by atomic mass is 16.5. The van der Waals surface area contributed by atoms with Crippen LogP contribution in [0.4, 0.5) is 0 Å². The summed E-state index contributed by atoms with van der Waals surface area (Å²) in [7, 11) is 3.32. The van der Waals surface area contributed by atoms with Crippen LogP contribution in [0.1, 0.15) is 36.4 Å². The first-order chi connectivity index (χ1) is 17.6. The van der Waals surface area contributed by atoms with E-state index in [4.69, 9.17) is 9.84 Å². The van der Waals surface area contributed by atoms with Crippen molar-refractivity contribution in [3.8, 4) is 5.75 Å². The van der Waals surface area contributed by atoms with Crippen LogP contribution in [-0.2, 0) is 9.59 Å². The fourth-order valence-corrected chi connectivity index (χ4v) is 5.19. The maximum Gasteiger partial charge on any atom is 0.257 e. The number of carbonyl (C=O) groups is 2. The second kappa shape index (κ2) is 10.5. The van der Waals surface area contributed by atoms with Gasteiger partial charge < -0.3 is 10.1 Å². The SMILES string of the molecule is CNC(=O)C1CCN(CC(=O)N2N=C(c3ccc4ccccc4c3)CC2c2ccc(OC)cc2)CC1. The lowest BCUT2D eigenvalue weighted by Crippen LogP contribution is -2.44. The highest BCUT2D eigenvalue weighted by Gasteiger charge is 2.34. The first-order valence-electron chi connectivity index (χ1n) is 12.5. The molecule has 1 atom stereocenters. The lowest BCUT2D eigenvalue weighted by Gasteiger charge is -2.32. The average molecular weight is 485 g/mol. The zero-order valence-corrected chi connectivity index (χ0v) is 20.8. The molecule has 2 amide bonds. The summed E-state index contributed by atoms with van der Waals surface area (Å²) in [5, 5.41) is 11.6. The lowest BCUT2D eigenvalue weighted by molar-refractivity contribution is -0.134. The first kappa shape index (κ1) is 24.0. The second-order valence-electron chi connectivity index (χ2n) is 9.50. The van der Waals surface area contributed by atoms with E-state index < -0.39 is 0 Å². The highest BCUT2D eigenvalue weighted by molar-refractivity contribution is 6.05. The van der Waals surface area contributed by atoms with E-state index in [-0.39, 0.29) is 23.8 Å². The third-order valence-corrected chi connectivity index (χ3v) is 7.31. The molecule has 36 heavy (non-hydrogen) atoms. The van der Waals surface area contributed by atoms with Crippen LogP contribution < -0.4 is 10.1 Å². The molecule has 2 heterocycles. The minimum atomic E-state index is -0.173. The van der Waals surface area contributed by atoms with E-state index in [1.54, 1.807) is 19.2 Å². The summed E-state index contributed by atoms with van der Waals surface area (Å²) in [4.78, 5) is 27.7. The molecule has 1 N–H and O–H groups in total. The Kier molecular flexibility index (Phi) is 7.00. The molecule has 0 spiro atoms. The van der Waals surface area contributed by atoms with Crippen molar-refractivity contribution in [3.05, 3.63) is 77.9 Å². The number of fused-ring (bicyclic) bond motifs is 1. The molecule has 1 unspecified atom stereocenters. The summed E-state index contributed by atoms with van der Waals surface area (Å²) in [6, 6.07) is 22.3. The summed E-state index contributed by atoms with van der Waals surface area (Å²) >= 11 is 0. The molecular formula is C29H32N4O3. The van der Waals surface area contributed by atoms with Crippen molar-refractivity contribution in [2.45, 2.75) is 25.3 Å². The van der Waals surface area contributed by atoms with Crippen LogP contribution in [0.2, 0.25) is 0 Å². The molecule has 0 saturated carbocycles. The summed E-state index contributed by atoms with van der Waals surface area (Å²) < 4.78 is 5.33. The van der Waals surface area contributed by atoms with Crippen molar-refractivity contribution in [3.63, 3.8) is 0 Å². The Labute approximate surface area is 211 Å². The Bertz CT molecular complexity index is 1280. The van der Waals surface area contributed by atoms with E-state index in [1.165, 1.54) is 5.39 Å². The number of methoxy groups -OCH3 is 1. The number of carbonyl (C=O) groups excluding carboxylic acids is 2. The molecule has 0 bridgehead atoms. The molecule has 2 aliphatic heterocycles. The number of amides is 2. The largest absolute Gasteiger partial charge is 0.497 e. The van der Waals surface area contributed by atoms with E-state index in [1.807, 2.05) is 36.4 Å². The number of benzene rings is 3. The average Bonchev–Trinajstić information content (AvgIpc) is 3.38. The molecule has 5 rings (SSSR count). The van der Waals surface area contributed by atoms with Crippen molar-refractivity contribution in [2.75, 3.05) is 33.8 Å². The number of hydrazone groups is 1.